The molecule has 0 aromatic rings. The summed E-state index contributed by atoms with van der Waals surface area (Å²) < 4.78 is 0. The number of ketones is 1. The third-order valence-electron chi connectivity index (χ3n) is 5.41. The first-order chi connectivity index (χ1) is 7.66. The summed E-state index contributed by atoms with van der Waals surface area (Å²) in [5.74, 6) is -1.52. The first kappa shape index (κ1) is 12.6. The molecule has 4 heteroatoms. The molecular weight excluding hydrogens is 220 g/mol. The average molecular weight is 239 g/mol. The molecule has 0 aromatic carbocycles. The molecule has 0 heterocycles. The predicted molar refractivity (Wildman–Crippen MR) is 58.8 cm³/mol. The third kappa shape index (κ3) is 1.33. The van der Waals surface area contributed by atoms with E-state index in [9.17, 15) is 19.8 Å². The van der Waals surface area contributed by atoms with E-state index in [1.54, 1.807) is 0 Å². The van der Waals surface area contributed by atoms with Gasteiger partial charge in [-0.15, -0.1) is 0 Å². The maximum atomic E-state index is 12.4. The van der Waals surface area contributed by atoms with Crippen molar-refractivity contribution in [3.05, 3.63) is 0 Å². The summed E-state index contributed by atoms with van der Waals surface area (Å²) in [6, 6.07) is 0. The van der Waals surface area contributed by atoms with Crippen molar-refractivity contribution in [2.75, 3.05) is 0 Å². The standard InChI is InChI=1S/C13H20O4/c1-11(2)8-4-6-12(11,3)10(16)13(8,17)7-5-9(14)15/h8,17H,4-7H2,1-3H3,(H,14,15)/p-1. The van der Waals surface area contributed by atoms with Crippen molar-refractivity contribution in [2.24, 2.45) is 16.7 Å². The van der Waals surface area contributed by atoms with Crippen molar-refractivity contribution in [3.63, 3.8) is 0 Å². The van der Waals surface area contributed by atoms with Gasteiger partial charge in [0.25, 0.3) is 0 Å². The van der Waals surface area contributed by atoms with Crippen molar-refractivity contribution in [1.82, 2.24) is 0 Å². The van der Waals surface area contributed by atoms with E-state index in [1.807, 2.05) is 20.8 Å². The minimum Gasteiger partial charge on any atom is -0.550 e. The van der Waals surface area contributed by atoms with Crippen molar-refractivity contribution in [3.8, 4) is 0 Å². The SMILES string of the molecule is CC12CCC(C(O)(CCC(=O)[O-])C1=O)C2(C)C. The van der Waals surface area contributed by atoms with Gasteiger partial charge in [-0.05, 0) is 31.1 Å². The summed E-state index contributed by atoms with van der Waals surface area (Å²) in [4.78, 5) is 22.9. The zero-order valence-electron chi connectivity index (χ0n) is 10.6. The largest absolute Gasteiger partial charge is 0.550 e. The summed E-state index contributed by atoms with van der Waals surface area (Å²) in [5, 5.41) is 21.1. The molecule has 17 heavy (non-hydrogen) atoms. The Hall–Kier alpha value is -0.900. The van der Waals surface area contributed by atoms with Crippen LogP contribution in [0.5, 0.6) is 0 Å². The number of rotatable bonds is 3. The second-order valence-electron chi connectivity index (χ2n) is 6.27. The molecule has 3 atom stereocenters. The summed E-state index contributed by atoms with van der Waals surface area (Å²) >= 11 is 0. The molecule has 96 valence electrons. The number of carbonyl (C=O) groups is 2. The fourth-order valence-corrected chi connectivity index (χ4v) is 3.96. The number of fused-ring (bicyclic) bond motifs is 2. The predicted octanol–water partition coefficient (Wildman–Crippen LogP) is 0.273. The smallest absolute Gasteiger partial charge is 0.171 e. The van der Waals surface area contributed by atoms with Gasteiger partial charge in [0.1, 0.15) is 5.60 Å². The van der Waals surface area contributed by atoms with Crippen LogP contribution in [0.4, 0.5) is 0 Å². The summed E-state index contributed by atoms with van der Waals surface area (Å²) in [6.45, 7) is 5.89. The Balaban J connectivity index is 2.33. The second-order valence-corrected chi connectivity index (χ2v) is 6.27. The number of hydrogen-bond acceptors (Lipinski definition) is 4. The van der Waals surface area contributed by atoms with Crippen molar-refractivity contribution < 1.29 is 19.8 Å². The maximum Gasteiger partial charge on any atom is 0.171 e. The van der Waals surface area contributed by atoms with Gasteiger partial charge in [-0.1, -0.05) is 20.8 Å². The Bertz CT molecular complexity index is 387. The van der Waals surface area contributed by atoms with E-state index in [4.69, 9.17) is 0 Å². The molecule has 4 nitrogen and oxygen atoms in total. The van der Waals surface area contributed by atoms with Gasteiger partial charge in [0.15, 0.2) is 5.78 Å². The van der Waals surface area contributed by atoms with E-state index in [0.29, 0.717) is 0 Å². The Morgan fingerprint density at radius 3 is 2.47 bits per heavy atom. The van der Waals surface area contributed by atoms with Crippen LogP contribution in [0.3, 0.4) is 0 Å². The fraction of sp³-hybridized carbons (Fsp3) is 0.846. The fourth-order valence-electron chi connectivity index (χ4n) is 3.96. The van der Waals surface area contributed by atoms with Crippen LogP contribution in [0.1, 0.15) is 46.5 Å². The summed E-state index contributed by atoms with van der Waals surface area (Å²) in [7, 11) is 0. The lowest BCUT2D eigenvalue weighted by atomic mass is 9.70. The minimum atomic E-state index is -1.46. The van der Waals surface area contributed by atoms with Gasteiger partial charge in [0.2, 0.25) is 0 Å². The molecule has 1 N–H and O–H groups in total. The lowest BCUT2D eigenvalue weighted by Crippen LogP contribution is -2.47. The molecule has 2 bridgehead atoms. The normalized spacial score (nSPS) is 43.1. The molecule has 2 fully saturated rings. The van der Waals surface area contributed by atoms with Crippen molar-refractivity contribution in [2.45, 2.75) is 52.1 Å². The number of aliphatic carboxylic acids is 1. The molecule has 2 aliphatic carbocycles. The van der Waals surface area contributed by atoms with E-state index in [2.05, 4.69) is 0 Å². The van der Waals surface area contributed by atoms with E-state index < -0.39 is 17.0 Å². The van der Waals surface area contributed by atoms with E-state index in [1.165, 1.54) is 0 Å². The molecule has 2 aliphatic rings. The molecule has 0 aromatic heterocycles. The quantitative estimate of drug-likeness (QED) is 0.767. The highest BCUT2D eigenvalue weighted by molar-refractivity contribution is 5.97. The highest BCUT2D eigenvalue weighted by Gasteiger charge is 2.72. The van der Waals surface area contributed by atoms with E-state index in [-0.39, 0.29) is 30.0 Å². The van der Waals surface area contributed by atoms with Gasteiger partial charge < -0.3 is 15.0 Å². The van der Waals surface area contributed by atoms with E-state index >= 15 is 0 Å². The minimum absolute atomic E-state index is 0.0160. The molecule has 2 rings (SSSR count). The Morgan fingerprint density at radius 2 is 2.06 bits per heavy atom. The maximum absolute atomic E-state index is 12.4. The lowest BCUT2D eigenvalue weighted by Gasteiger charge is -2.33. The van der Waals surface area contributed by atoms with Gasteiger partial charge in [0, 0.05) is 17.3 Å². The Morgan fingerprint density at radius 1 is 1.47 bits per heavy atom. The number of carbonyl (C=O) groups excluding carboxylic acids is 2. The summed E-state index contributed by atoms with van der Waals surface area (Å²) in [6.07, 6.45) is 1.30. The van der Waals surface area contributed by atoms with E-state index in [0.717, 1.165) is 12.8 Å². The molecule has 2 saturated carbocycles. The number of aliphatic hydroxyl groups is 1. The molecule has 0 radical (unpaired) electrons. The topological polar surface area (TPSA) is 77.4 Å². The van der Waals surface area contributed by atoms with Crippen LogP contribution in [-0.2, 0) is 9.59 Å². The highest BCUT2D eigenvalue weighted by atomic mass is 16.4. The average Bonchev–Trinajstić information content (AvgIpc) is 2.51. The van der Waals surface area contributed by atoms with Gasteiger partial charge >= 0.3 is 0 Å². The van der Waals surface area contributed by atoms with Gasteiger partial charge in [-0.3, -0.25) is 4.79 Å². The summed E-state index contributed by atoms with van der Waals surface area (Å²) in [5.41, 5.74) is -2.24. The monoisotopic (exact) mass is 239 g/mol. The Kier molecular flexibility index (Phi) is 2.45. The highest BCUT2D eigenvalue weighted by Crippen LogP contribution is 2.67. The third-order valence-corrected chi connectivity index (χ3v) is 5.41. The first-order valence-corrected chi connectivity index (χ1v) is 6.13. The first-order valence-electron chi connectivity index (χ1n) is 6.13. The molecule has 0 saturated heterocycles. The van der Waals surface area contributed by atoms with Crippen LogP contribution in [0.15, 0.2) is 0 Å². The molecule has 0 spiro atoms. The van der Waals surface area contributed by atoms with Crippen LogP contribution in [0.25, 0.3) is 0 Å². The number of hydrogen-bond donors (Lipinski definition) is 1. The van der Waals surface area contributed by atoms with Gasteiger partial charge in [-0.2, -0.15) is 0 Å². The van der Waals surface area contributed by atoms with Crippen LogP contribution in [-0.4, -0.2) is 22.5 Å². The van der Waals surface area contributed by atoms with Crippen molar-refractivity contribution >= 4 is 11.8 Å². The molecule has 0 aliphatic heterocycles. The number of carboxylic acids is 1. The van der Waals surface area contributed by atoms with Crippen LogP contribution in [0.2, 0.25) is 0 Å². The van der Waals surface area contributed by atoms with Crippen LogP contribution < -0.4 is 5.11 Å². The zero-order chi connectivity index (χ0) is 13.1. The molecule has 0 amide bonds. The zero-order valence-corrected chi connectivity index (χ0v) is 10.6. The van der Waals surface area contributed by atoms with Crippen LogP contribution >= 0.6 is 0 Å². The number of Topliss-reactive ketones (excluding diaryl/α,β-unsaturated/α-hetero) is 1. The number of carboxylic acid groups (broad SMARTS) is 1. The Labute approximate surface area is 101 Å². The van der Waals surface area contributed by atoms with Crippen LogP contribution in [0, 0.1) is 16.7 Å². The van der Waals surface area contributed by atoms with Gasteiger partial charge in [-0.25, -0.2) is 0 Å². The molecular formula is C13H19O4-. The van der Waals surface area contributed by atoms with Crippen molar-refractivity contribution in [1.29, 1.82) is 0 Å². The van der Waals surface area contributed by atoms with Gasteiger partial charge in [0.05, 0.1) is 0 Å². The lowest BCUT2D eigenvalue weighted by molar-refractivity contribution is -0.306. The second kappa shape index (κ2) is 3.31. The molecule has 3 unspecified atom stereocenters.